The van der Waals surface area contributed by atoms with E-state index in [2.05, 4.69) is 5.32 Å². The van der Waals surface area contributed by atoms with Crippen LogP contribution in [0, 0.1) is 17.0 Å². The number of nitro benzene ring substituents is 1. The summed E-state index contributed by atoms with van der Waals surface area (Å²) in [5.41, 5.74) is 2.30. The molecule has 0 spiro atoms. The van der Waals surface area contributed by atoms with Crippen molar-refractivity contribution < 1.29 is 14.5 Å². The lowest BCUT2D eigenvalue weighted by atomic mass is 10.1. The first kappa shape index (κ1) is 17.2. The van der Waals surface area contributed by atoms with Gasteiger partial charge in [0.1, 0.15) is 6.61 Å². The number of alkyl carbamates (subject to hydrolysis) is 1. The van der Waals surface area contributed by atoms with Crippen LogP contribution in [-0.4, -0.2) is 17.6 Å². The van der Waals surface area contributed by atoms with E-state index in [0.717, 1.165) is 5.56 Å². The zero-order chi connectivity index (χ0) is 17.4. The Kier molecular flexibility index (Phi) is 6.08. The number of rotatable bonds is 6. The number of carbonyl (C=O) groups excluding carboxylic acids is 1. The van der Waals surface area contributed by atoms with E-state index in [1.165, 1.54) is 6.07 Å². The maximum Gasteiger partial charge on any atom is 0.407 e. The molecule has 0 saturated carbocycles. The Labute approximate surface area is 139 Å². The molecule has 6 nitrogen and oxygen atoms in total. The predicted octanol–water partition coefficient (Wildman–Crippen LogP) is 3.84. The highest BCUT2D eigenvalue weighted by Crippen LogP contribution is 2.19. The number of hydrogen-bond acceptors (Lipinski definition) is 4. The number of aryl methyl sites for hydroxylation is 1. The molecular weight excluding hydrogens is 308 g/mol. The van der Waals surface area contributed by atoms with E-state index in [-0.39, 0.29) is 18.8 Å². The molecule has 0 aliphatic heterocycles. The highest BCUT2D eigenvalue weighted by molar-refractivity contribution is 5.67. The molecule has 0 bridgehead atoms. The van der Waals surface area contributed by atoms with Gasteiger partial charge in [0.15, 0.2) is 0 Å². The molecule has 0 aromatic heterocycles. The third kappa shape index (κ3) is 5.24. The zero-order valence-electron chi connectivity index (χ0n) is 13.3. The van der Waals surface area contributed by atoms with Crippen LogP contribution in [0.25, 0.3) is 6.08 Å². The van der Waals surface area contributed by atoms with Crippen molar-refractivity contribution in [3.8, 4) is 0 Å². The molecule has 0 unspecified atom stereocenters. The van der Waals surface area contributed by atoms with Gasteiger partial charge in [-0.05, 0) is 18.1 Å². The second-order valence-corrected chi connectivity index (χ2v) is 5.15. The van der Waals surface area contributed by atoms with E-state index in [1.54, 1.807) is 31.2 Å². The van der Waals surface area contributed by atoms with Gasteiger partial charge in [-0.1, -0.05) is 54.6 Å². The van der Waals surface area contributed by atoms with Crippen LogP contribution in [0.4, 0.5) is 10.5 Å². The first-order valence-electron chi connectivity index (χ1n) is 7.42. The molecule has 0 aliphatic rings. The van der Waals surface area contributed by atoms with E-state index in [0.29, 0.717) is 11.1 Å². The highest BCUT2D eigenvalue weighted by atomic mass is 16.6. The third-order valence-electron chi connectivity index (χ3n) is 3.32. The quantitative estimate of drug-likeness (QED) is 0.646. The number of nitrogens with one attached hydrogen (secondary N) is 1. The van der Waals surface area contributed by atoms with Gasteiger partial charge in [-0.2, -0.15) is 0 Å². The Morgan fingerprint density at radius 2 is 2.00 bits per heavy atom. The molecule has 0 heterocycles. The molecule has 124 valence electrons. The van der Waals surface area contributed by atoms with Crippen molar-refractivity contribution in [1.29, 1.82) is 0 Å². The summed E-state index contributed by atoms with van der Waals surface area (Å²) in [6, 6.07) is 14.4. The maximum absolute atomic E-state index is 11.6. The van der Waals surface area contributed by atoms with Crippen LogP contribution in [0.1, 0.15) is 16.7 Å². The van der Waals surface area contributed by atoms with Gasteiger partial charge < -0.3 is 10.1 Å². The minimum atomic E-state index is -0.515. The van der Waals surface area contributed by atoms with Crippen molar-refractivity contribution in [1.82, 2.24) is 5.32 Å². The van der Waals surface area contributed by atoms with E-state index in [9.17, 15) is 14.9 Å². The Morgan fingerprint density at radius 3 is 2.71 bits per heavy atom. The van der Waals surface area contributed by atoms with Crippen molar-refractivity contribution in [2.45, 2.75) is 13.5 Å². The number of amides is 1. The normalized spacial score (nSPS) is 10.5. The van der Waals surface area contributed by atoms with Crippen LogP contribution in [0.15, 0.2) is 54.6 Å². The van der Waals surface area contributed by atoms with Crippen molar-refractivity contribution in [2.24, 2.45) is 0 Å². The van der Waals surface area contributed by atoms with Crippen LogP contribution in [0.3, 0.4) is 0 Å². The second-order valence-electron chi connectivity index (χ2n) is 5.15. The molecule has 0 radical (unpaired) electrons. The van der Waals surface area contributed by atoms with Crippen LogP contribution < -0.4 is 5.32 Å². The minimum Gasteiger partial charge on any atom is -0.445 e. The molecule has 0 saturated heterocycles. The Hall–Kier alpha value is -3.15. The molecule has 24 heavy (non-hydrogen) atoms. The zero-order valence-corrected chi connectivity index (χ0v) is 13.3. The van der Waals surface area contributed by atoms with E-state index < -0.39 is 11.0 Å². The van der Waals surface area contributed by atoms with Crippen LogP contribution in [-0.2, 0) is 11.3 Å². The SMILES string of the molecule is Cc1ccc(C=CCNC(=O)OCc2ccccc2)cc1[N+](=O)[O-]. The van der Waals surface area contributed by atoms with Crippen molar-refractivity contribution in [3.05, 3.63) is 81.4 Å². The summed E-state index contributed by atoms with van der Waals surface area (Å²) in [6.45, 7) is 2.17. The number of ether oxygens (including phenoxy) is 1. The summed E-state index contributed by atoms with van der Waals surface area (Å²) in [5, 5.41) is 13.5. The highest BCUT2D eigenvalue weighted by Gasteiger charge is 2.09. The lowest BCUT2D eigenvalue weighted by molar-refractivity contribution is -0.385. The lowest BCUT2D eigenvalue weighted by Gasteiger charge is -2.05. The molecule has 1 amide bonds. The van der Waals surface area contributed by atoms with Gasteiger partial charge in [0.05, 0.1) is 4.92 Å². The maximum atomic E-state index is 11.6. The Morgan fingerprint density at radius 1 is 1.25 bits per heavy atom. The van der Waals surface area contributed by atoms with Crippen LogP contribution in [0.5, 0.6) is 0 Å². The smallest absolute Gasteiger partial charge is 0.407 e. The van der Waals surface area contributed by atoms with Gasteiger partial charge in [-0.15, -0.1) is 0 Å². The monoisotopic (exact) mass is 326 g/mol. The van der Waals surface area contributed by atoms with Crippen molar-refractivity contribution >= 4 is 17.9 Å². The summed E-state index contributed by atoms with van der Waals surface area (Å²) in [5.74, 6) is 0. The summed E-state index contributed by atoms with van der Waals surface area (Å²) in [4.78, 5) is 22.0. The number of hydrogen-bond donors (Lipinski definition) is 1. The Balaban J connectivity index is 1.79. The van der Waals surface area contributed by atoms with Crippen molar-refractivity contribution in [2.75, 3.05) is 6.54 Å². The molecule has 0 atom stereocenters. The number of carbonyl (C=O) groups is 1. The first-order chi connectivity index (χ1) is 11.6. The standard InChI is InChI=1S/C18H18N2O4/c1-14-9-10-15(12-17(14)20(22)23)8-5-11-19-18(21)24-13-16-6-3-2-4-7-16/h2-10,12H,11,13H2,1H3,(H,19,21). The summed E-state index contributed by atoms with van der Waals surface area (Å²) in [7, 11) is 0. The van der Waals surface area contributed by atoms with E-state index >= 15 is 0 Å². The molecule has 2 aromatic carbocycles. The van der Waals surface area contributed by atoms with Gasteiger partial charge in [0.2, 0.25) is 0 Å². The average Bonchev–Trinajstić information content (AvgIpc) is 2.59. The molecule has 1 N–H and O–H groups in total. The second kappa shape index (κ2) is 8.47. The third-order valence-corrected chi connectivity index (χ3v) is 3.32. The fraction of sp³-hybridized carbons (Fsp3) is 0.167. The van der Waals surface area contributed by atoms with Gasteiger partial charge >= 0.3 is 6.09 Å². The average molecular weight is 326 g/mol. The summed E-state index contributed by atoms with van der Waals surface area (Å²) in [6.07, 6.45) is 2.90. The fourth-order valence-electron chi connectivity index (χ4n) is 2.04. The predicted molar refractivity (Wildman–Crippen MR) is 91.5 cm³/mol. The van der Waals surface area contributed by atoms with Gasteiger partial charge in [0, 0.05) is 18.2 Å². The Bertz CT molecular complexity index is 742. The molecular formula is C18H18N2O4. The molecule has 2 aromatic rings. The number of nitrogens with zero attached hydrogens (tertiary/aromatic N) is 1. The minimum absolute atomic E-state index is 0.0763. The van der Waals surface area contributed by atoms with E-state index in [4.69, 9.17) is 4.74 Å². The topological polar surface area (TPSA) is 81.5 Å². The fourth-order valence-corrected chi connectivity index (χ4v) is 2.04. The number of benzene rings is 2. The summed E-state index contributed by atoms with van der Waals surface area (Å²) >= 11 is 0. The molecule has 6 heteroatoms. The number of nitro groups is 1. The molecule has 0 fully saturated rings. The van der Waals surface area contributed by atoms with E-state index in [1.807, 2.05) is 30.3 Å². The largest absolute Gasteiger partial charge is 0.445 e. The first-order valence-corrected chi connectivity index (χ1v) is 7.42. The van der Waals surface area contributed by atoms with Gasteiger partial charge in [-0.25, -0.2) is 4.79 Å². The molecule has 2 rings (SSSR count). The van der Waals surface area contributed by atoms with Gasteiger partial charge in [-0.3, -0.25) is 10.1 Å². The lowest BCUT2D eigenvalue weighted by Crippen LogP contribution is -2.24. The van der Waals surface area contributed by atoms with Gasteiger partial charge in [0.25, 0.3) is 5.69 Å². The molecule has 0 aliphatic carbocycles. The van der Waals surface area contributed by atoms with Crippen LogP contribution in [0.2, 0.25) is 0 Å². The van der Waals surface area contributed by atoms with Crippen molar-refractivity contribution in [3.63, 3.8) is 0 Å². The summed E-state index contributed by atoms with van der Waals surface area (Å²) < 4.78 is 5.07. The van der Waals surface area contributed by atoms with Crippen LogP contribution >= 0.6 is 0 Å².